The van der Waals surface area contributed by atoms with E-state index in [1.165, 1.54) is 11.1 Å². The van der Waals surface area contributed by atoms with Crippen molar-refractivity contribution in [2.24, 2.45) is 5.41 Å². The third kappa shape index (κ3) is 6.52. The summed E-state index contributed by atoms with van der Waals surface area (Å²) in [4.78, 5) is 0. The fraction of sp³-hybridized carbons (Fsp3) is 0.684. The van der Waals surface area contributed by atoms with Crippen molar-refractivity contribution >= 4 is 0 Å². The highest BCUT2D eigenvalue weighted by molar-refractivity contribution is 5.39. The van der Waals surface area contributed by atoms with Gasteiger partial charge in [-0.3, -0.25) is 0 Å². The quantitative estimate of drug-likeness (QED) is 0.804. The molecule has 0 radical (unpaired) electrons. The van der Waals surface area contributed by atoms with E-state index in [-0.39, 0.29) is 11.0 Å². The minimum absolute atomic E-state index is 0.102. The molecule has 2 heteroatoms. The lowest BCUT2D eigenvalue weighted by atomic mass is 9.93. The van der Waals surface area contributed by atoms with Gasteiger partial charge in [-0.2, -0.15) is 0 Å². The number of nitrogens with one attached hydrogen (secondary N) is 1. The molecule has 0 saturated heterocycles. The fourth-order valence-electron chi connectivity index (χ4n) is 2.07. The number of benzene rings is 1. The van der Waals surface area contributed by atoms with Crippen molar-refractivity contribution in [2.75, 3.05) is 13.2 Å². The van der Waals surface area contributed by atoms with Crippen LogP contribution in [-0.2, 0) is 0 Å². The molecule has 0 bridgehead atoms. The number of hydrogen-bond acceptors (Lipinski definition) is 2. The lowest BCUT2D eigenvalue weighted by Gasteiger charge is -2.31. The number of rotatable bonds is 6. The van der Waals surface area contributed by atoms with Gasteiger partial charge in [-0.15, -0.1) is 0 Å². The molecule has 0 aromatic heterocycles. The molecular formula is C19H33NO. The van der Waals surface area contributed by atoms with Gasteiger partial charge in [-0.1, -0.05) is 39.8 Å². The van der Waals surface area contributed by atoms with E-state index in [0.29, 0.717) is 5.92 Å². The van der Waals surface area contributed by atoms with Gasteiger partial charge in [-0.25, -0.2) is 0 Å². The SMILES string of the molecule is Cc1ccc(C(C)C)c(OCC(C)(C)CNC(C)(C)C)c1. The van der Waals surface area contributed by atoms with Gasteiger partial charge in [0.25, 0.3) is 0 Å². The molecule has 0 saturated carbocycles. The van der Waals surface area contributed by atoms with Crippen LogP contribution < -0.4 is 10.1 Å². The molecule has 1 rings (SSSR count). The van der Waals surface area contributed by atoms with E-state index in [2.05, 4.69) is 78.9 Å². The summed E-state index contributed by atoms with van der Waals surface area (Å²) in [6.45, 7) is 19.3. The highest BCUT2D eigenvalue weighted by Crippen LogP contribution is 2.29. The average Bonchev–Trinajstić information content (AvgIpc) is 2.33. The second kappa shape index (κ2) is 6.83. The normalized spacial score (nSPS) is 12.8. The van der Waals surface area contributed by atoms with Crippen LogP contribution in [0.1, 0.15) is 65.5 Å². The summed E-state index contributed by atoms with van der Waals surface area (Å²) in [7, 11) is 0. The van der Waals surface area contributed by atoms with Gasteiger partial charge in [-0.05, 0) is 50.8 Å². The Balaban J connectivity index is 2.71. The van der Waals surface area contributed by atoms with Crippen LogP contribution in [0, 0.1) is 12.3 Å². The molecule has 0 atom stereocenters. The highest BCUT2D eigenvalue weighted by Gasteiger charge is 2.22. The maximum atomic E-state index is 6.17. The predicted molar refractivity (Wildman–Crippen MR) is 92.3 cm³/mol. The molecule has 0 fully saturated rings. The van der Waals surface area contributed by atoms with Crippen LogP contribution in [-0.4, -0.2) is 18.7 Å². The molecule has 21 heavy (non-hydrogen) atoms. The highest BCUT2D eigenvalue weighted by atomic mass is 16.5. The number of ether oxygens (including phenoxy) is 1. The third-order valence-corrected chi connectivity index (χ3v) is 3.51. The smallest absolute Gasteiger partial charge is 0.123 e. The fourth-order valence-corrected chi connectivity index (χ4v) is 2.07. The van der Waals surface area contributed by atoms with E-state index in [9.17, 15) is 0 Å². The minimum atomic E-state index is 0.102. The van der Waals surface area contributed by atoms with Crippen molar-refractivity contribution in [1.29, 1.82) is 0 Å². The molecule has 0 amide bonds. The first-order valence-corrected chi connectivity index (χ1v) is 7.98. The van der Waals surface area contributed by atoms with Crippen molar-refractivity contribution in [1.82, 2.24) is 5.32 Å². The van der Waals surface area contributed by atoms with Gasteiger partial charge in [0.15, 0.2) is 0 Å². The van der Waals surface area contributed by atoms with Crippen LogP contribution in [0.25, 0.3) is 0 Å². The maximum Gasteiger partial charge on any atom is 0.123 e. The van der Waals surface area contributed by atoms with Gasteiger partial charge < -0.3 is 10.1 Å². The topological polar surface area (TPSA) is 21.3 Å². The predicted octanol–water partition coefficient (Wildman–Crippen LogP) is 4.91. The van der Waals surface area contributed by atoms with Crippen molar-refractivity contribution in [3.05, 3.63) is 29.3 Å². The Labute approximate surface area is 131 Å². The second-order valence-corrected chi connectivity index (χ2v) is 8.25. The molecule has 2 nitrogen and oxygen atoms in total. The van der Waals surface area contributed by atoms with Gasteiger partial charge in [0.05, 0.1) is 6.61 Å². The molecule has 0 spiro atoms. The number of hydrogen-bond donors (Lipinski definition) is 1. The third-order valence-electron chi connectivity index (χ3n) is 3.51. The first-order valence-electron chi connectivity index (χ1n) is 7.98. The summed E-state index contributed by atoms with van der Waals surface area (Å²) < 4.78 is 6.17. The zero-order valence-electron chi connectivity index (χ0n) is 15.1. The molecule has 1 aromatic carbocycles. The van der Waals surface area contributed by atoms with Crippen LogP contribution in [0.2, 0.25) is 0 Å². The zero-order valence-corrected chi connectivity index (χ0v) is 15.1. The second-order valence-electron chi connectivity index (χ2n) is 8.25. The van der Waals surface area contributed by atoms with Gasteiger partial charge >= 0.3 is 0 Å². The molecule has 0 aliphatic rings. The van der Waals surface area contributed by atoms with Crippen molar-refractivity contribution < 1.29 is 4.74 Å². The van der Waals surface area contributed by atoms with Gasteiger partial charge in [0, 0.05) is 17.5 Å². The molecule has 0 aliphatic carbocycles. The summed E-state index contributed by atoms with van der Waals surface area (Å²) in [6, 6.07) is 6.51. The van der Waals surface area contributed by atoms with Crippen molar-refractivity contribution in [3.63, 3.8) is 0 Å². The Hall–Kier alpha value is -1.02. The largest absolute Gasteiger partial charge is 0.493 e. The summed E-state index contributed by atoms with van der Waals surface area (Å²) in [5, 5.41) is 3.57. The standard InChI is InChI=1S/C19H33NO/c1-14(2)16-10-9-15(3)11-17(16)21-13-19(7,8)12-20-18(4,5)6/h9-11,14,20H,12-13H2,1-8H3. The van der Waals surface area contributed by atoms with E-state index in [1.807, 2.05) is 0 Å². The molecule has 1 aromatic rings. The summed E-state index contributed by atoms with van der Waals surface area (Å²) in [6.07, 6.45) is 0. The van der Waals surface area contributed by atoms with Crippen LogP contribution in [0.3, 0.4) is 0 Å². The zero-order chi connectivity index (χ0) is 16.3. The Kier molecular flexibility index (Phi) is 5.86. The summed E-state index contributed by atoms with van der Waals surface area (Å²) >= 11 is 0. The van der Waals surface area contributed by atoms with Crippen molar-refractivity contribution in [3.8, 4) is 5.75 Å². The van der Waals surface area contributed by atoms with Gasteiger partial charge in [0.1, 0.15) is 5.75 Å². The van der Waals surface area contributed by atoms with Gasteiger partial charge in [0.2, 0.25) is 0 Å². The van der Waals surface area contributed by atoms with E-state index in [4.69, 9.17) is 4.74 Å². The Bertz CT molecular complexity index is 455. The van der Waals surface area contributed by atoms with Crippen LogP contribution in [0.15, 0.2) is 18.2 Å². The van der Waals surface area contributed by atoms with Crippen LogP contribution >= 0.6 is 0 Å². The minimum Gasteiger partial charge on any atom is -0.493 e. The molecule has 0 heterocycles. The molecular weight excluding hydrogens is 258 g/mol. The monoisotopic (exact) mass is 291 g/mol. The lowest BCUT2D eigenvalue weighted by Crippen LogP contribution is -2.43. The summed E-state index contributed by atoms with van der Waals surface area (Å²) in [5.41, 5.74) is 2.79. The van der Waals surface area contributed by atoms with E-state index >= 15 is 0 Å². The van der Waals surface area contributed by atoms with Crippen molar-refractivity contribution in [2.45, 2.75) is 66.8 Å². The number of aryl methyl sites for hydroxylation is 1. The first-order chi connectivity index (χ1) is 9.50. The molecule has 0 unspecified atom stereocenters. The lowest BCUT2D eigenvalue weighted by molar-refractivity contribution is 0.164. The molecule has 1 N–H and O–H groups in total. The van der Waals surface area contributed by atoms with E-state index < -0.39 is 0 Å². The Morgan fingerprint density at radius 2 is 1.71 bits per heavy atom. The van der Waals surface area contributed by atoms with E-state index in [1.54, 1.807) is 0 Å². The Morgan fingerprint density at radius 3 is 2.24 bits per heavy atom. The Morgan fingerprint density at radius 1 is 1.10 bits per heavy atom. The van der Waals surface area contributed by atoms with E-state index in [0.717, 1.165) is 18.9 Å². The molecule has 0 aliphatic heterocycles. The molecule has 120 valence electrons. The maximum absolute atomic E-state index is 6.17. The van der Waals surface area contributed by atoms with Crippen LogP contribution in [0.5, 0.6) is 5.75 Å². The average molecular weight is 291 g/mol. The summed E-state index contributed by atoms with van der Waals surface area (Å²) in [5.74, 6) is 1.52. The van der Waals surface area contributed by atoms with Crippen LogP contribution in [0.4, 0.5) is 0 Å². The first kappa shape index (κ1) is 18.0.